The molecule has 0 aliphatic carbocycles. The number of unbranched alkanes of at least 4 members (excludes halogenated alkanes) is 2. The van der Waals surface area contributed by atoms with Crippen LogP contribution in [0.15, 0.2) is 42.5 Å². The van der Waals surface area contributed by atoms with Crippen molar-refractivity contribution in [2.24, 2.45) is 0 Å². The standard InChI is InChI=1S/C16H16ClNO.C6H12O.C5H12/c1-3-16(19)12-7-8-15(11(2)9-12)18-14-6-4-5-13(17)10-14;1-3-5-6(7)4-2;1-3-5-4-2/h4-10,18H,3H2,1-2H3;3-5H2,1-2H3;3-5H2,1-2H3. The number of Topliss-reactive ketones (excluding diaryl/α,β-unsaturated/α-hetero) is 2. The lowest BCUT2D eigenvalue weighted by molar-refractivity contribution is -0.118. The fourth-order valence-corrected chi connectivity index (χ4v) is 2.90. The minimum Gasteiger partial charge on any atom is -0.355 e. The maximum absolute atomic E-state index is 11.6. The topological polar surface area (TPSA) is 46.2 Å². The molecule has 0 atom stereocenters. The van der Waals surface area contributed by atoms with Crippen LogP contribution in [0.1, 0.15) is 95.5 Å². The van der Waals surface area contributed by atoms with Crippen molar-refractivity contribution in [1.29, 1.82) is 0 Å². The highest BCUT2D eigenvalue weighted by Crippen LogP contribution is 2.24. The lowest BCUT2D eigenvalue weighted by atomic mass is 10.0. The van der Waals surface area contributed by atoms with Crippen molar-refractivity contribution < 1.29 is 9.59 Å². The molecule has 0 saturated heterocycles. The number of carbonyl (C=O) groups excluding carboxylic acids is 2. The molecular weight excluding hydrogens is 406 g/mol. The van der Waals surface area contributed by atoms with Crippen LogP contribution in [0.2, 0.25) is 5.02 Å². The van der Waals surface area contributed by atoms with Crippen LogP contribution >= 0.6 is 11.6 Å². The van der Waals surface area contributed by atoms with Gasteiger partial charge in [-0.1, -0.05) is 71.5 Å². The molecule has 0 aliphatic heterocycles. The summed E-state index contributed by atoms with van der Waals surface area (Å²) in [6.07, 6.45) is 7.06. The van der Waals surface area contributed by atoms with Crippen molar-refractivity contribution >= 4 is 34.5 Å². The first-order valence-corrected chi connectivity index (χ1v) is 11.9. The van der Waals surface area contributed by atoms with Crippen molar-refractivity contribution in [3.63, 3.8) is 0 Å². The summed E-state index contributed by atoms with van der Waals surface area (Å²) in [5.74, 6) is 0.542. The summed E-state index contributed by atoms with van der Waals surface area (Å²) in [4.78, 5) is 22.1. The van der Waals surface area contributed by atoms with Crippen LogP contribution in [0.25, 0.3) is 0 Å². The second-order valence-electron chi connectivity index (χ2n) is 7.44. The van der Waals surface area contributed by atoms with E-state index in [1.807, 2.05) is 70.2 Å². The van der Waals surface area contributed by atoms with E-state index in [0.717, 1.165) is 35.3 Å². The predicted molar refractivity (Wildman–Crippen MR) is 136 cm³/mol. The van der Waals surface area contributed by atoms with Gasteiger partial charge in [-0.3, -0.25) is 9.59 Å². The average molecular weight is 446 g/mol. The van der Waals surface area contributed by atoms with Crippen LogP contribution in [0.4, 0.5) is 11.4 Å². The normalized spacial score (nSPS) is 9.65. The van der Waals surface area contributed by atoms with Gasteiger partial charge < -0.3 is 5.32 Å². The van der Waals surface area contributed by atoms with Crippen molar-refractivity contribution in [3.8, 4) is 0 Å². The Balaban J connectivity index is 0.000000621. The van der Waals surface area contributed by atoms with Crippen LogP contribution in [0, 0.1) is 6.92 Å². The van der Waals surface area contributed by atoms with Gasteiger partial charge >= 0.3 is 0 Å². The van der Waals surface area contributed by atoms with E-state index in [1.165, 1.54) is 19.3 Å². The molecule has 0 bridgehead atoms. The molecule has 0 heterocycles. The van der Waals surface area contributed by atoms with Crippen LogP contribution < -0.4 is 5.32 Å². The van der Waals surface area contributed by atoms with Crippen LogP contribution in [0.3, 0.4) is 0 Å². The van der Waals surface area contributed by atoms with E-state index in [0.29, 0.717) is 23.6 Å². The number of rotatable bonds is 9. The molecule has 2 aromatic rings. The highest BCUT2D eigenvalue weighted by Gasteiger charge is 2.06. The van der Waals surface area contributed by atoms with E-state index in [1.54, 1.807) is 0 Å². The van der Waals surface area contributed by atoms with Crippen molar-refractivity contribution in [3.05, 3.63) is 58.6 Å². The van der Waals surface area contributed by atoms with Gasteiger partial charge in [-0.25, -0.2) is 0 Å². The Morgan fingerprint density at radius 2 is 1.55 bits per heavy atom. The highest BCUT2D eigenvalue weighted by atomic mass is 35.5. The van der Waals surface area contributed by atoms with Crippen LogP contribution in [0.5, 0.6) is 0 Å². The van der Waals surface area contributed by atoms with Crippen LogP contribution in [-0.4, -0.2) is 11.6 Å². The van der Waals surface area contributed by atoms with Gasteiger partial charge in [-0.2, -0.15) is 0 Å². The number of hydrogen-bond acceptors (Lipinski definition) is 3. The van der Waals surface area contributed by atoms with Gasteiger partial charge in [0.15, 0.2) is 5.78 Å². The van der Waals surface area contributed by atoms with Crippen molar-refractivity contribution in [1.82, 2.24) is 0 Å². The monoisotopic (exact) mass is 445 g/mol. The Bertz CT molecular complexity index is 785. The molecule has 31 heavy (non-hydrogen) atoms. The summed E-state index contributed by atoms with van der Waals surface area (Å²) >= 11 is 5.95. The molecular formula is C27H40ClNO2. The zero-order valence-electron chi connectivity index (χ0n) is 20.2. The molecule has 2 aromatic carbocycles. The molecule has 0 radical (unpaired) electrons. The van der Waals surface area contributed by atoms with Gasteiger partial charge in [0.25, 0.3) is 0 Å². The minimum atomic E-state index is 0.164. The lowest BCUT2D eigenvalue weighted by Gasteiger charge is -2.11. The maximum atomic E-state index is 11.6. The molecule has 0 saturated carbocycles. The molecule has 0 amide bonds. The number of nitrogens with one attached hydrogen (secondary N) is 1. The third kappa shape index (κ3) is 13.0. The summed E-state index contributed by atoms with van der Waals surface area (Å²) in [5.41, 5.74) is 3.72. The van der Waals surface area contributed by atoms with Gasteiger partial charge in [0, 0.05) is 41.2 Å². The van der Waals surface area contributed by atoms with E-state index in [9.17, 15) is 9.59 Å². The number of halogens is 1. The molecule has 0 aliphatic rings. The summed E-state index contributed by atoms with van der Waals surface area (Å²) in [5, 5.41) is 4.00. The van der Waals surface area contributed by atoms with E-state index < -0.39 is 0 Å². The predicted octanol–water partition coefficient (Wildman–Crippen LogP) is 8.95. The Hall–Kier alpha value is -2.13. The molecule has 4 heteroatoms. The molecule has 0 spiro atoms. The van der Waals surface area contributed by atoms with Gasteiger partial charge in [0.05, 0.1) is 0 Å². The second-order valence-corrected chi connectivity index (χ2v) is 7.87. The van der Waals surface area contributed by atoms with Gasteiger partial charge in [-0.05, 0) is 55.3 Å². The van der Waals surface area contributed by atoms with Crippen LogP contribution in [-0.2, 0) is 4.79 Å². The van der Waals surface area contributed by atoms with E-state index >= 15 is 0 Å². The fraction of sp³-hybridized carbons (Fsp3) is 0.481. The SMILES string of the molecule is CCC(=O)c1ccc(Nc2cccc(Cl)c2)c(C)c1.CCCC(=O)CC.CCCCC. The minimum absolute atomic E-state index is 0.164. The summed E-state index contributed by atoms with van der Waals surface area (Å²) in [6, 6.07) is 13.3. The molecule has 172 valence electrons. The molecule has 1 N–H and O–H groups in total. The zero-order chi connectivity index (χ0) is 23.6. The largest absolute Gasteiger partial charge is 0.355 e. The number of benzene rings is 2. The Morgan fingerprint density at radius 3 is 1.97 bits per heavy atom. The summed E-state index contributed by atoms with van der Waals surface area (Å²) in [6.45, 7) is 12.2. The first kappa shape index (κ1) is 28.9. The molecule has 3 nitrogen and oxygen atoms in total. The van der Waals surface area contributed by atoms with Gasteiger partial charge in [0.2, 0.25) is 0 Å². The zero-order valence-corrected chi connectivity index (χ0v) is 20.9. The lowest BCUT2D eigenvalue weighted by Crippen LogP contribution is -1.99. The highest BCUT2D eigenvalue weighted by molar-refractivity contribution is 6.30. The third-order valence-electron chi connectivity index (χ3n) is 4.60. The Labute approximate surface area is 194 Å². The van der Waals surface area contributed by atoms with E-state index in [4.69, 9.17) is 11.6 Å². The van der Waals surface area contributed by atoms with Gasteiger partial charge in [-0.15, -0.1) is 0 Å². The summed E-state index contributed by atoms with van der Waals surface area (Å²) in [7, 11) is 0. The average Bonchev–Trinajstić information content (AvgIpc) is 2.76. The number of anilines is 2. The molecule has 2 rings (SSSR count). The number of hydrogen-bond donors (Lipinski definition) is 1. The molecule has 0 fully saturated rings. The fourth-order valence-electron chi connectivity index (χ4n) is 2.71. The Morgan fingerprint density at radius 1 is 0.871 bits per heavy atom. The smallest absolute Gasteiger partial charge is 0.162 e. The molecule has 0 unspecified atom stereocenters. The van der Waals surface area contributed by atoms with E-state index in [-0.39, 0.29) is 5.78 Å². The van der Waals surface area contributed by atoms with E-state index in [2.05, 4.69) is 19.2 Å². The quantitative estimate of drug-likeness (QED) is 0.391. The third-order valence-corrected chi connectivity index (χ3v) is 4.84. The van der Waals surface area contributed by atoms with Crippen molar-refractivity contribution in [2.75, 3.05) is 5.32 Å². The maximum Gasteiger partial charge on any atom is 0.162 e. The van der Waals surface area contributed by atoms with Crippen molar-refractivity contribution in [2.45, 2.75) is 86.5 Å². The van der Waals surface area contributed by atoms with Gasteiger partial charge in [0.1, 0.15) is 5.78 Å². The molecule has 0 aromatic heterocycles. The number of ketones is 2. The number of carbonyl (C=O) groups is 2. The Kier molecular flexibility index (Phi) is 16.3. The number of aryl methyl sites for hydroxylation is 1. The second kappa shape index (κ2) is 17.5. The summed E-state index contributed by atoms with van der Waals surface area (Å²) < 4.78 is 0. The first-order chi connectivity index (χ1) is 14.8. The first-order valence-electron chi connectivity index (χ1n) is 11.5.